The number of halogens is 3. The van der Waals surface area contributed by atoms with Crippen LogP contribution in [0.5, 0.6) is 0 Å². The van der Waals surface area contributed by atoms with Crippen LogP contribution in [-0.4, -0.2) is 33.3 Å². The zero-order chi connectivity index (χ0) is 16.7. The summed E-state index contributed by atoms with van der Waals surface area (Å²) in [5.74, 6) is 2.26. The Morgan fingerprint density at radius 3 is 2.17 bits per heavy atom. The van der Waals surface area contributed by atoms with E-state index in [9.17, 15) is 13.2 Å². The van der Waals surface area contributed by atoms with Gasteiger partial charge in [-0.25, -0.2) is 9.97 Å². The van der Waals surface area contributed by atoms with Gasteiger partial charge < -0.3 is 9.32 Å². The quantitative estimate of drug-likeness (QED) is 0.856. The maximum atomic E-state index is 12.8. The van der Waals surface area contributed by atoms with Crippen molar-refractivity contribution in [2.75, 3.05) is 18.0 Å². The molecule has 1 aliphatic carbocycles. The molecule has 24 heavy (non-hydrogen) atoms. The van der Waals surface area contributed by atoms with Crippen molar-refractivity contribution in [3.05, 3.63) is 29.9 Å². The van der Waals surface area contributed by atoms with E-state index in [1.54, 1.807) is 0 Å². The van der Waals surface area contributed by atoms with Crippen LogP contribution in [0, 0.1) is 0 Å². The molecule has 3 heterocycles. The Morgan fingerprint density at radius 2 is 1.58 bits per heavy atom. The Morgan fingerprint density at radius 1 is 0.958 bits per heavy atom. The van der Waals surface area contributed by atoms with Crippen LogP contribution in [-0.2, 0) is 6.18 Å². The average molecular weight is 339 g/mol. The molecular weight excluding hydrogens is 323 g/mol. The summed E-state index contributed by atoms with van der Waals surface area (Å²) in [4.78, 5) is 9.11. The van der Waals surface area contributed by atoms with Gasteiger partial charge in [-0.2, -0.15) is 13.2 Å². The number of hydrogen-bond donors (Lipinski definition) is 0. The lowest BCUT2D eigenvalue weighted by Crippen LogP contribution is -2.33. The molecule has 0 amide bonds. The Hall–Kier alpha value is -2.19. The van der Waals surface area contributed by atoms with Crippen molar-refractivity contribution in [3.63, 3.8) is 0 Å². The minimum Gasteiger partial charge on any atom is -0.425 e. The number of nitrogens with zero attached hydrogens (tertiary/aromatic N) is 5. The lowest BCUT2D eigenvalue weighted by molar-refractivity contribution is -0.141. The van der Waals surface area contributed by atoms with Crippen LogP contribution < -0.4 is 4.90 Å². The molecule has 1 aliphatic heterocycles. The molecule has 6 nitrogen and oxygen atoms in total. The highest BCUT2D eigenvalue weighted by molar-refractivity contribution is 5.40. The summed E-state index contributed by atoms with van der Waals surface area (Å²) < 4.78 is 44.0. The van der Waals surface area contributed by atoms with Gasteiger partial charge in [-0.15, -0.1) is 10.2 Å². The molecule has 0 unspecified atom stereocenters. The van der Waals surface area contributed by atoms with Gasteiger partial charge in [0.05, 0.1) is 0 Å². The van der Waals surface area contributed by atoms with E-state index in [2.05, 4.69) is 20.2 Å². The third-order valence-electron chi connectivity index (χ3n) is 4.49. The SMILES string of the molecule is FC(F)(F)c1cc(N2CCC(c3nnc(C4CC4)o3)CC2)ncn1. The lowest BCUT2D eigenvalue weighted by atomic mass is 9.97. The smallest absolute Gasteiger partial charge is 0.425 e. The maximum Gasteiger partial charge on any atom is 0.433 e. The zero-order valence-corrected chi connectivity index (χ0v) is 12.8. The van der Waals surface area contributed by atoms with E-state index in [4.69, 9.17) is 4.42 Å². The van der Waals surface area contributed by atoms with E-state index in [-0.39, 0.29) is 5.92 Å². The Bertz CT molecular complexity index is 720. The first-order chi connectivity index (χ1) is 11.5. The van der Waals surface area contributed by atoms with E-state index in [0.29, 0.717) is 30.7 Å². The monoisotopic (exact) mass is 339 g/mol. The molecule has 0 radical (unpaired) electrons. The van der Waals surface area contributed by atoms with Crippen LogP contribution in [0.1, 0.15) is 55.0 Å². The van der Waals surface area contributed by atoms with Crippen molar-refractivity contribution < 1.29 is 17.6 Å². The summed E-state index contributed by atoms with van der Waals surface area (Å²) in [6.45, 7) is 1.19. The Kier molecular flexibility index (Phi) is 3.65. The van der Waals surface area contributed by atoms with E-state index in [1.807, 2.05) is 4.90 Å². The first kappa shape index (κ1) is 15.3. The normalized spacial score (nSPS) is 19.7. The molecule has 1 saturated carbocycles. The van der Waals surface area contributed by atoms with E-state index < -0.39 is 11.9 Å². The fourth-order valence-electron chi connectivity index (χ4n) is 2.94. The van der Waals surface area contributed by atoms with Crippen molar-refractivity contribution >= 4 is 5.82 Å². The highest BCUT2D eigenvalue weighted by Crippen LogP contribution is 2.40. The van der Waals surface area contributed by atoms with Gasteiger partial charge in [0.2, 0.25) is 11.8 Å². The van der Waals surface area contributed by atoms with Gasteiger partial charge in [0.25, 0.3) is 0 Å². The van der Waals surface area contributed by atoms with Crippen LogP contribution in [0.25, 0.3) is 0 Å². The van der Waals surface area contributed by atoms with Crippen LogP contribution in [0.4, 0.5) is 19.0 Å². The molecule has 9 heteroatoms. The summed E-state index contributed by atoms with van der Waals surface area (Å²) in [6.07, 6.45) is 0.211. The predicted octanol–water partition coefficient (Wildman–Crippen LogP) is 3.14. The van der Waals surface area contributed by atoms with Crippen molar-refractivity contribution in [2.45, 2.75) is 43.7 Å². The third-order valence-corrected chi connectivity index (χ3v) is 4.49. The molecule has 0 aromatic carbocycles. The number of hydrogen-bond acceptors (Lipinski definition) is 6. The molecule has 0 atom stereocenters. The molecule has 0 bridgehead atoms. The molecule has 4 rings (SSSR count). The van der Waals surface area contributed by atoms with Crippen LogP contribution in [0.2, 0.25) is 0 Å². The van der Waals surface area contributed by atoms with Crippen LogP contribution in [0.15, 0.2) is 16.8 Å². The first-order valence-electron chi connectivity index (χ1n) is 7.98. The van der Waals surface area contributed by atoms with Crippen molar-refractivity contribution in [2.24, 2.45) is 0 Å². The number of rotatable bonds is 3. The Balaban J connectivity index is 1.42. The number of aromatic nitrogens is 4. The standard InChI is InChI=1S/C15H16F3N5O/c16-15(17,18)11-7-12(20-8-19-11)23-5-3-10(4-6-23)14-22-21-13(24-14)9-1-2-9/h7-10H,1-6H2. The van der Waals surface area contributed by atoms with Gasteiger partial charge >= 0.3 is 6.18 Å². The van der Waals surface area contributed by atoms with Crippen molar-refractivity contribution in [1.82, 2.24) is 20.2 Å². The summed E-state index contributed by atoms with van der Waals surface area (Å²) in [6, 6.07) is 0.998. The second-order valence-electron chi connectivity index (χ2n) is 6.27. The lowest BCUT2D eigenvalue weighted by Gasteiger charge is -2.31. The highest BCUT2D eigenvalue weighted by Gasteiger charge is 2.34. The summed E-state index contributed by atoms with van der Waals surface area (Å²) >= 11 is 0. The number of piperidine rings is 1. The number of anilines is 1. The molecular formula is C15H16F3N5O. The minimum atomic E-state index is -4.46. The molecule has 2 aliphatic rings. The van der Waals surface area contributed by atoms with Gasteiger partial charge in [-0.05, 0) is 25.7 Å². The molecule has 2 aromatic rings. The summed E-state index contributed by atoms with van der Waals surface area (Å²) in [5.41, 5.74) is -0.916. The van der Waals surface area contributed by atoms with Crippen molar-refractivity contribution in [1.29, 1.82) is 0 Å². The second kappa shape index (κ2) is 5.71. The van der Waals surface area contributed by atoms with E-state index >= 15 is 0 Å². The third kappa shape index (κ3) is 3.07. The van der Waals surface area contributed by atoms with Gasteiger partial charge in [-0.3, -0.25) is 0 Å². The van der Waals surface area contributed by atoms with Gasteiger partial charge in [0.15, 0.2) is 0 Å². The Labute approximate surface area is 136 Å². The molecule has 1 saturated heterocycles. The average Bonchev–Trinajstić information content (AvgIpc) is 3.32. The highest BCUT2D eigenvalue weighted by atomic mass is 19.4. The van der Waals surface area contributed by atoms with Gasteiger partial charge in [0, 0.05) is 31.0 Å². The van der Waals surface area contributed by atoms with E-state index in [1.165, 1.54) is 0 Å². The summed E-state index contributed by atoms with van der Waals surface area (Å²) in [5, 5.41) is 8.23. The minimum absolute atomic E-state index is 0.158. The first-order valence-corrected chi connectivity index (χ1v) is 7.98. The summed E-state index contributed by atoms with van der Waals surface area (Å²) in [7, 11) is 0. The van der Waals surface area contributed by atoms with Crippen molar-refractivity contribution in [3.8, 4) is 0 Å². The molecule has 2 fully saturated rings. The predicted molar refractivity (Wildman–Crippen MR) is 77.5 cm³/mol. The largest absolute Gasteiger partial charge is 0.433 e. The van der Waals surface area contributed by atoms with Gasteiger partial charge in [0.1, 0.15) is 17.8 Å². The second-order valence-corrected chi connectivity index (χ2v) is 6.27. The fraction of sp³-hybridized carbons (Fsp3) is 0.600. The van der Waals surface area contributed by atoms with E-state index in [0.717, 1.165) is 44.0 Å². The van der Waals surface area contributed by atoms with Crippen LogP contribution >= 0.6 is 0 Å². The topological polar surface area (TPSA) is 67.9 Å². The molecule has 2 aromatic heterocycles. The number of alkyl halides is 3. The fourth-order valence-corrected chi connectivity index (χ4v) is 2.94. The zero-order valence-electron chi connectivity index (χ0n) is 12.8. The molecule has 0 spiro atoms. The molecule has 0 N–H and O–H groups in total. The maximum absolute atomic E-state index is 12.8. The molecule has 128 valence electrons. The van der Waals surface area contributed by atoms with Gasteiger partial charge in [-0.1, -0.05) is 0 Å². The van der Waals surface area contributed by atoms with Crippen LogP contribution in [0.3, 0.4) is 0 Å².